The van der Waals surface area contributed by atoms with Crippen molar-refractivity contribution in [2.75, 3.05) is 0 Å². The van der Waals surface area contributed by atoms with Gasteiger partial charge in [-0.05, 0) is 73.8 Å². The molecule has 11 rings (SSSR count). The number of hydrogen-bond acceptors (Lipinski definition) is 3. The van der Waals surface area contributed by atoms with Crippen LogP contribution in [0.15, 0.2) is 194 Å². The molecule has 0 N–H and O–H groups in total. The Labute approximate surface area is 317 Å². The molecule has 0 spiro atoms. The third-order valence-corrected chi connectivity index (χ3v) is 10.8. The Kier molecular flexibility index (Phi) is 7.14. The highest BCUT2D eigenvalue weighted by Crippen LogP contribution is 2.40. The number of benzene rings is 9. The maximum absolute atomic E-state index is 5.31. The summed E-state index contributed by atoms with van der Waals surface area (Å²) in [5, 5.41) is 9.72. The van der Waals surface area contributed by atoms with Crippen molar-refractivity contribution < 1.29 is 0 Å². The van der Waals surface area contributed by atoms with Crippen LogP contribution in [0.3, 0.4) is 0 Å². The topological polar surface area (TPSA) is 43.6 Å². The summed E-state index contributed by atoms with van der Waals surface area (Å²) in [5.74, 6) is 1.88. The first kappa shape index (κ1) is 31.1. The first-order valence-corrected chi connectivity index (χ1v) is 18.6. The molecule has 4 nitrogen and oxygen atoms in total. The van der Waals surface area contributed by atoms with Crippen LogP contribution in [0.1, 0.15) is 0 Å². The van der Waals surface area contributed by atoms with E-state index < -0.39 is 0 Å². The summed E-state index contributed by atoms with van der Waals surface area (Å²) in [7, 11) is 0. The number of hydrogen-bond donors (Lipinski definition) is 0. The summed E-state index contributed by atoms with van der Waals surface area (Å²) in [5.41, 5.74) is 8.41. The van der Waals surface area contributed by atoms with Crippen LogP contribution in [-0.4, -0.2) is 19.5 Å². The summed E-state index contributed by atoms with van der Waals surface area (Å²) in [4.78, 5) is 15.7. The van der Waals surface area contributed by atoms with Crippen LogP contribution in [0, 0.1) is 0 Å². The molecular formula is C51H32N4. The lowest BCUT2D eigenvalue weighted by atomic mass is 9.93. The van der Waals surface area contributed by atoms with Crippen molar-refractivity contribution in [3.05, 3.63) is 194 Å². The van der Waals surface area contributed by atoms with Gasteiger partial charge in [0.2, 0.25) is 0 Å². The van der Waals surface area contributed by atoms with Gasteiger partial charge in [0.05, 0.1) is 16.7 Å². The molecule has 0 atom stereocenters. The molecule has 0 aliphatic rings. The Bertz CT molecular complexity index is 3220. The van der Waals surface area contributed by atoms with Crippen molar-refractivity contribution in [1.82, 2.24) is 19.5 Å². The van der Waals surface area contributed by atoms with Gasteiger partial charge in [-0.15, -0.1) is 0 Å². The zero-order valence-corrected chi connectivity index (χ0v) is 29.8. The molecule has 2 aromatic heterocycles. The number of fused-ring (bicyclic) bond motifs is 9. The predicted octanol–water partition coefficient (Wildman–Crippen LogP) is 13.1. The zero-order valence-electron chi connectivity index (χ0n) is 29.8. The minimum absolute atomic E-state index is 0.619. The normalized spacial score (nSPS) is 11.6. The Balaban J connectivity index is 1.16. The molecular weight excluding hydrogens is 669 g/mol. The van der Waals surface area contributed by atoms with Crippen molar-refractivity contribution in [2.24, 2.45) is 0 Å². The molecule has 55 heavy (non-hydrogen) atoms. The first-order chi connectivity index (χ1) is 27.3. The van der Waals surface area contributed by atoms with Crippen LogP contribution in [0.25, 0.3) is 105 Å². The van der Waals surface area contributed by atoms with Gasteiger partial charge in [0, 0.05) is 27.5 Å². The van der Waals surface area contributed by atoms with Crippen molar-refractivity contribution in [3.63, 3.8) is 0 Å². The highest BCUT2D eigenvalue weighted by Gasteiger charge is 2.20. The second kappa shape index (κ2) is 12.6. The van der Waals surface area contributed by atoms with Gasteiger partial charge in [0.25, 0.3) is 0 Å². The lowest BCUT2D eigenvalue weighted by Crippen LogP contribution is -2.03. The van der Waals surface area contributed by atoms with Gasteiger partial charge in [0.1, 0.15) is 0 Å². The number of para-hydroxylation sites is 2. The third-order valence-electron chi connectivity index (χ3n) is 10.8. The first-order valence-electron chi connectivity index (χ1n) is 18.6. The van der Waals surface area contributed by atoms with Crippen molar-refractivity contribution >= 4 is 54.1 Å². The molecule has 0 amide bonds. The summed E-state index contributed by atoms with van der Waals surface area (Å²) in [6.45, 7) is 0. The van der Waals surface area contributed by atoms with Crippen LogP contribution < -0.4 is 0 Å². The van der Waals surface area contributed by atoms with Crippen molar-refractivity contribution in [3.8, 4) is 51.0 Å². The predicted molar refractivity (Wildman–Crippen MR) is 228 cm³/mol. The van der Waals surface area contributed by atoms with Gasteiger partial charge in [0.15, 0.2) is 17.5 Å². The van der Waals surface area contributed by atoms with E-state index in [2.05, 4.69) is 180 Å². The van der Waals surface area contributed by atoms with E-state index >= 15 is 0 Å². The number of rotatable bonds is 5. The van der Waals surface area contributed by atoms with E-state index in [1.54, 1.807) is 0 Å². The molecule has 2 heterocycles. The minimum Gasteiger partial charge on any atom is -0.308 e. The fourth-order valence-electron chi connectivity index (χ4n) is 8.29. The van der Waals surface area contributed by atoms with Crippen molar-refractivity contribution in [2.45, 2.75) is 0 Å². The standard InChI is InChI=1S/C51H32N4/c1-3-15-33(16-4-1)35-27-30-43-42-23-11-13-25-46(42)55(48(43)32-35)47-26-14-12-24-44(47)51-53-49(34-17-5-2-6-18-34)52-50(54-51)36-28-29-41-39-21-8-7-19-37(39)38-20-9-10-22-40(38)45(41)31-36/h1-32H. The van der Waals surface area contributed by atoms with E-state index in [1.807, 2.05) is 18.2 Å². The lowest BCUT2D eigenvalue weighted by Gasteiger charge is -2.15. The van der Waals surface area contributed by atoms with Gasteiger partial charge in [-0.2, -0.15) is 0 Å². The van der Waals surface area contributed by atoms with E-state index in [9.17, 15) is 0 Å². The Morgan fingerprint density at radius 2 is 0.745 bits per heavy atom. The molecule has 0 saturated carbocycles. The van der Waals surface area contributed by atoms with E-state index in [-0.39, 0.29) is 0 Å². The van der Waals surface area contributed by atoms with E-state index in [1.165, 1.54) is 54.2 Å². The third kappa shape index (κ3) is 5.11. The summed E-state index contributed by atoms with van der Waals surface area (Å²) in [6.07, 6.45) is 0. The average molecular weight is 701 g/mol. The van der Waals surface area contributed by atoms with E-state index in [0.717, 1.165) is 33.4 Å². The Hall–Kier alpha value is -7.43. The second-order valence-corrected chi connectivity index (χ2v) is 14.0. The molecule has 0 fully saturated rings. The van der Waals surface area contributed by atoms with E-state index in [4.69, 9.17) is 15.0 Å². The van der Waals surface area contributed by atoms with Crippen LogP contribution in [0.5, 0.6) is 0 Å². The van der Waals surface area contributed by atoms with Gasteiger partial charge < -0.3 is 4.57 Å². The van der Waals surface area contributed by atoms with Gasteiger partial charge in [-0.25, -0.2) is 15.0 Å². The fourth-order valence-corrected chi connectivity index (χ4v) is 8.29. The van der Waals surface area contributed by atoms with E-state index in [0.29, 0.717) is 17.5 Å². The van der Waals surface area contributed by atoms with Crippen LogP contribution in [0.4, 0.5) is 0 Å². The Morgan fingerprint density at radius 1 is 0.273 bits per heavy atom. The summed E-state index contributed by atoms with van der Waals surface area (Å²) < 4.78 is 2.37. The largest absolute Gasteiger partial charge is 0.308 e. The molecule has 9 aromatic carbocycles. The van der Waals surface area contributed by atoms with Gasteiger partial charge in [-0.3, -0.25) is 0 Å². The van der Waals surface area contributed by atoms with Gasteiger partial charge in [-0.1, -0.05) is 164 Å². The molecule has 11 aromatic rings. The highest BCUT2D eigenvalue weighted by molar-refractivity contribution is 6.25. The lowest BCUT2D eigenvalue weighted by molar-refractivity contribution is 1.06. The maximum Gasteiger partial charge on any atom is 0.166 e. The monoisotopic (exact) mass is 700 g/mol. The van der Waals surface area contributed by atoms with Crippen molar-refractivity contribution in [1.29, 1.82) is 0 Å². The van der Waals surface area contributed by atoms with Gasteiger partial charge >= 0.3 is 0 Å². The molecule has 4 heteroatoms. The summed E-state index contributed by atoms with van der Waals surface area (Å²) in [6, 6.07) is 68.6. The van der Waals surface area contributed by atoms with Crippen LogP contribution >= 0.6 is 0 Å². The second-order valence-electron chi connectivity index (χ2n) is 14.0. The minimum atomic E-state index is 0.619. The zero-order chi connectivity index (χ0) is 36.3. The molecule has 256 valence electrons. The molecule has 0 bridgehead atoms. The number of aromatic nitrogens is 4. The highest BCUT2D eigenvalue weighted by atomic mass is 15.1. The molecule has 0 unspecified atom stereocenters. The maximum atomic E-state index is 5.31. The average Bonchev–Trinajstić information content (AvgIpc) is 3.60. The Morgan fingerprint density at radius 3 is 1.45 bits per heavy atom. The molecule has 0 aliphatic heterocycles. The summed E-state index contributed by atoms with van der Waals surface area (Å²) >= 11 is 0. The molecule has 0 saturated heterocycles. The fraction of sp³-hybridized carbons (Fsp3) is 0. The molecule has 0 aliphatic carbocycles. The quantitative estimate of drug-likeness (QED) is 0.168. The van der Waals surface area contributed by atoms with Crippen LogP contribution in [-0.2, 0) is 0 Å². The smallest absolute Gasteiger partial charge is 0.166 e. The number of nitrogens with zero attached hydrogens (tertiary/aromatic N) is 4. The molecule has 0 radical (unpaired) electrons. The SMILES string of the molecule is c1ccc(-c2ccc3c4ccccc4n(-c4ccccc4-c4nc(-c5ccccc5)nc(-c5ccc6c7ccccc7c7ccccc7c6c5)n4)c3c2)cc1. The van der Waals surface area contributed by atoms with Crippen LogP contribution in [0.2, 0.25) is 0 Å².